The van der Waals surface area contributed by atoms with Gasteiger partial charge < -0.3 is 14.8 Å². The van der Waals surface area contributed by atoms with E-state index in [0.29, 0.717) is 47.5 Å². The molecule has 0 saturated carbocycles. The van der Waals surface area contributed by atoms with E-state index in [1.165, 1.54) is 6.07 Å². The van der Waals surface area contributed by atoms with Gasteiger partial charge in [0.2, 0.25) is 0 Å². The van der Waals surface area contributed by atoms with Crippen molar-refractivity contribution >= 4 is 28.8 Å². The van der Waals surface area contributed by atoms with E-state index in [4.69, 9.17) is 21.1 Å². The number of halogens is 1. The average Bonchev–Trinajstić information content (AvgIpc) is 3.13. The molecule has 0 fully saturated rings. The fourth-order valence-corrected chi connectivity index (χ4v) is 3.34. The third kappa shape index (κ3) is 5.57. The first-order valence-corrected chi connectivity index (χ1v) is 10.2. The van der Waals surface area contributed by atoms with Gasteiger partial charge in [-0.1, -0.05) is 11.6 Å². The number of nitrogens with zero attached hydrogens (tertiary/aromatic N) is 4. The average molecular weight is 446 g/mol. The van der Waals surface area contributed by atoms with Gasteiger partial charge in [0.25, 0.3) is 5.69 Å². The van der Waals surface area contributed by atoms with Crippen LogP contribution in [0, 0.1) is 17.0 Å². The largest absolute Gasteiger partial charge is 0.351 e. The summed E-state index contributed by atoms with van der Waals surface area (Å²) in [6.45, 7) is 6.71. The molecule has 0 saturated heterocycles. The number of pyridine rings is 1. The molecule has 9 nitrogen and oxygen atoms in total. The van der Waals surface area contributed by atoms with Crippen molar-refractivity contribution in [3.8, 4) is 11.3 Å². The molecular formula is C21H24ClN5O4. The molecule has 164 valence electrons. The van der Waals surface area contributed by atoms with Gasteiger partial charge in [-0.2, -0.15) is 5.10 Å². The second-order valence-electron chi connectivity index (χ2n) is 6.68. The molecule has 1 N–H and O–H groups in total. The van der Waals surface area contributed by atoms with Crippen LogP contribution in [0.4, 0.5) is 17.2 Å². The normalized spacial score (nSPS) is 11.1. The molecule has 3 rings (SSSR count). The highest BCUT2D eigenvalue weighted by Gasteiger charge is 2.19. The van der Waals surface area contributed by atoms with E-state index in [9.17, 15) is 10.1 Å². The minimum atomic E-state index is -0.500. The lowest BCUT2D eigenvalue weighted by Gasteiger charge is -2.19. The van der Waals surface area contributed by atoms with Gasteiger partial charge in [-0.3, -0.25) is 15.1 Å². The number of aromatic nitrogens is 3. The molecule has 0 aliphatic rings. The lowest BCUT2D eigenvalue weighted by Crippen LogP contribution is -2.25. The molecule has 0 unspecified atom stereocenters. The van der Waals surface area contributed by atoms with Crippen molar-refractivity contribution < 1.29 is 14.4 Å². The van der Waals surface area contributed by atoms with Crippen LogP contribution in [0.15, 0.2) is 42.7 Å². The van der Waals surface area contributed by atoms with E-state index in [1.54, 1.807) is 30.1 Å². The smallest absolute Gasteiger partial charge is 0.274 e. The van der Waals surface area contributed by atoms with Crippen molar-refractivity contribution in [2.75, 3.05) is 18.5 Å². The molecule has 0 radical (unpaired) electrons. The summed E-state index contributed by atoms with van der Waals surface area (Å²) in [5.41, 5.74) is 2.38. The maximum Gasteiger partial charge on any atom is 0.274 e. The van der Waals surface area contributed by atoms with Crippen LogP contribution < -0.4 is 5.32 Å². The topological polar surface area (TPSA) is 104 Å². The van der Waals surface area contributed by atoms with Crippen molar-refractivity contribution in [2.24, 2.45) is 0 Å². The van der Waals surface area contributed by atoms with Crippen molar-refractivity contribution in [3.63, 3.8) is 0 Å². The second-order valence-corrected chi connectivity index (χ2v) is 7.09. The minimum Gasteiger partial charge on any atom is -0.351 e. The van der Waals surface area contributed by atoms with Crippen LogP contribution in [0.25, 0.3) is 11.3 Å². The van der Waals surface area contributed by atoms with Crippen molar-refractivity contribution in [1.29, 1.82) is 0 Å². The Kier molecular flexibility index (Phi) is 7.56. The lowest BCUT2D eigenvalue weighted by atomic mass is 10.2. The number of anilines is 2. The zero-order valence-corrected chi connectivity index (χ0v) is 18.3. The van der Waals surface area contributed by atoms with Crippen LogP contribution in [0.5, 0.6) is 0 Å². The van der Waals surface area contributed by atoms with Gasteiger partial charge in [0.1, 0.15) is 5.82 Å². The van der Waals surface area contributed by atoms with Crippen LogP contribution in [-0.2, 0) is 16.0 Å². The van der Waals surface area contributed by atoms with Crippen LogP contribution in [0.3, 0.4) is 0 Å². The zero-order valence-electron chi connectivity index (χ0n) is 17.5. The number of hydrogen-bond acceptors (Lipinski definition) is 7. The summed E-state index contributed by atoms with van der Waals surface area (Å²) < 4.78 is 13.0. The van der Waals surface area contributed by atoms with E-state index < -0.39 is 11.2 Å². The summed E-state index contributed by atoms with van der Waals surface area (Å²) in [5.74, 6) is 0.586. The molecular weight excluding hydrogens is 422 g/mol. The van der Waals surface area contributed by atoms with Gasteiger partial charge in [0.15, 0.2) is 6.29 Å². The third-order valence-electron chi connectivity index (χ3n) is 4.51. The molecule has 0 bridgehead atoms. The Balaban J connectivity index is 2.00. The standard InChI is InChI=1S/C21H24ClN5O4/c1-4-30-21(31-5-2)13-26-20(11-17(25-26)15-7-6-8-23-12-15)24-18-10-19(27(28)29)14(3)9-16(18)22/h6-12,21,24H,4-5,13H2,1-3H3. The van der Waals surface area contributed by atoms with Gasteiger partial charge in [-0.25, -0.2) is 4.68 Å². The predicted octanol–water partition coefficient (Wildman–Crippen LogP) is 4.96. The summed E-state index contributed by atoms with van der Waals surface area (Å²) in [5, 5.41) is 19.6. The Morgan fingerprint density at radius 2 is 2.00 bits per heavy atom. The number of nitro groups is 1. The first kappa shape index (κ1) is 22.7. The molecule has 0 aliphatic carbocycles. The zero-order chi connectivity index (χ0) is 22.4. The minimum absolute atomic E-state index is 0.0213. The van der Waals surface area contributed by atoms with E-state index in [-0.39, 0.29) is 5.69 Å². The Hall–Kier alpha value is -3.01. The van der Waals surface area contributed by atoms with Crippen LogP contribution in [0.2, 0.25) is 5.02 Å². The highest BCUT2D eigenvalue weighted by molar-refractivity contribution is 6.33. The Bertz CT molecular complexity index is 1040. The van der Waals surface area contributed by atoms with Gasteiger partial charge in [0.05, 0.1) is 27.9 Å². The lowest BCUT2D eigenvalue weighted by molar-refractivity contribution is -0.385. The van der Waals surface area contributed by atoms with Gasteiger partial charge in [0, 0.05) is 48.9 Å². The Labute approximate surface area is 185 Å². The fraction of sp³-hybridized carbons (Fsp3) is 0.333. The monoisotopic (exact) mass is 445 g/mol. The van der Waals surface area contributed by atoms with Gasteiger partial charge in [-0.15, -0.1) is 0 Å². The molecule has 0 amide bonds. The molecule has 3 aromatic rings. The number of nitro benzene ring substituents is 1. The van der Waals surface area contributed by atoms with Crippen LogP contribution >= 0.6 is 11.6 Å². The number of ether oxygens (including phenoxy) is 2. The molecule has 2 heterocycles. The quantitative estimate of drug-likeness (QED) is 0.267. The third-order valence-corrected chi connectivity index (χ3v) is 4.82. The predicted molar refractivity (Wildman–Crippen MR) is 119 cm³/mol. The van der Waals surface area contributed by atoms with Crippen molar-refractivity contribution in [3.05, 3.63) is 63.4 Å². The SMILES string of the molecule is CCOC(Cn1nc(-c2cccnc2)cc1Nc1cc([N+](=O)[O-])c(C)cc1Cl)OCC. The molecule has 0 atom stereocenters. The highest BCUT2D eigenvalue weighted by atomic mass is 35.5. The number of nitrogens with one attached hydrogen (secondary N) is 1. The van der Waals surface area contributed by atoms with Crippen molar-refractivity contribution in [1.82, 2.24) is 14.8 Å². The number of benzene rings is 1. The Morgan fingerprint density at radius 3 is 2.61 bits per heavy atom. The Morgan fingerprint density at radius 1 is 1.26 bits per heavy atom. The fourth-order valence-electron chi connectivity index (χ4n) is 3.07. The summed E-state index contributed by atoms with van der Waals surface area (Å²) in [7, 11) is 0. The molecule has 0 aliphatic heterocycles. The molecule has 1 aromatic carbocycles. The van der Waals surface area contributed by atoms with E-state index in [1.807, 2.05) is 32.0 Å². The maximum atomic E-state index is 11.4. The summed E-state index contributed by atoms with van der Waals surface area (Å²) in [6, 6.07) is 8.53. The number of rotatable bonds is 10. The van der Waals surface area contributed by atoms with E-state index in [2.05, 4.69) is 15.4 Å². The summed E-state index contributed by atoms with van der Waals surface area (Å²) >= 11 is 6.36. The summed E-state index contributed by atoms with van der Waals surface area (Å²) in [4.78, 5) is 15.1. The van der Waals surface area contributed by atoms with Crippen LogP contribution in [0.1, 0.15) is 19.4 Å². The van der Waals surface area contributed by atoms with Crippen LogP contribution in [-0.4, -0.2) is 39.2 Å². The molecule has 0 spiro atoms. The maximum absolute atomic E-state index is 11.4. The molecule has 2 aromatic heterocycles. The van der Waals surface area contributed by atoms with E-state index in [0.717, 1.165) is 5.56 Å². The second kappa shape index (κ2) is 10.3. The summed E-state index contributed by atoms with van der Waals surface area (Å²) in [6.07, 6.45) is 2.90. The number of aryl methyl sites for hydroxylation is 1. The van der Waals surface area contributed by atoms with E-state index >= 15 is 0 Å². The van der Waals surface area contributed by atoms with Gasteiger partial charge in [-0.05, 0) is 39.0 Å². The number of hydrogen-bond donors (Lipinski definition) is 1. The molecule has 31 heavy (non-hydrogen) atoms. The molecule has 10 heteroatoms. The first-order chi connectivity index (χ1) is 14.9. The van der Waals surface area contributed by atoms with Gasteiger partial charge >= 0.3 is 0 Å². The highest BCUT2D eigenvalue weighted by Crippen LogP contribution is 2.33. The van der Waals surface area contributed by atoms with Crippen molar-refractivity contribution in [2.45, 2.75) is 33.6 Å². The first-order valence-electron chi connectivity index (χ1n) is 9.85.